The van der Waals surface area contributed by atoms with Crippen molar-refractivity contribution in [2.45, 2.75) is 0 Å². The van der Waals surface area contributed by atoms with E-state index in [1.54, 1.807) is 0 Å². The van der Waals surface area contributed by atoms with Gasteiger partial charge in [0, 0.05) is 45.1 Å². The van der Waals surface area contributed by atoms with Crippen LogP contribution in [0.25, 0.3) is 66.1 Å². The molecule has 2 aromatic heterocycles. The Bertz CT molecular complexity index is 3340. The van der Waals surface area contributed by atoms with Crippen molar-refractivity contribution in [2.75, 3.05) is 14.1 Å². The van der Waals surface area contributed by atoms with E-state index >= 15 is 0 Å². The second kappa shape index (κ2) is 13.1. The van der Waals surface area contributed by atoms with Gasteiger partial charge in [-0.3, -0.25) is 4.48 Å². The minimum atomic E-state index is -2.83. The Morgan fingerprint density at radius 1 is 0.333 bits per heavy atom. The van der Waals surface area contributed by atoms with Crippen molar-refractivity contribution in [3.63, 3.8) is 0 Å². The van der Waals surface area contributed by atoms with Gasteiger partial charge < -0.3 is 9.13 Å². The molecule has 0 amide bonds. The molecule has 1 aliphatic rings. The van der Waals surface area contributed by atoms with Crippen LogP contribution in [0, 0.1) is 0 Å². The molecule has 0 saturated heterocycles. The molecule has 1 aliphatic heterocycles. The monoisotopic (exact) mass is 784 g/mol. The average Bonchev–Trinajstić information content (AvgIpc) is 3.91. The molecule has 0 bridgehead atoms. The molecule has 60 heavy (non-hydrogen) atoms. The fraction of sp³-hybridized carbons (Fsp3) is 0.0357. The van der Waals surface area contributed by atoms with Crippen molar-refractivity contribution < 1.29 is 0 Å². The van der Waals surface area contributed by atoms with Gasteiger partial charge >= 0.3 is 0 Å². The zero-order valence-electron chi connectivity index (χ0n) is 33.6. The number of hydrogen-bond donors (Lipinski definition) is 0. The third-order valence-electron chi connectivity index (χ3n) is 13.3. The highest BCUT2D eigenvalue weighted by Gasteiger charge is 2.42. The average molecular weight is 785 g/mol. The summed E-state index contributed by atoms with van der Waals surface area (Å²) in [5, 5.41) is 10.5. The molecular formula is C56H42N3Si+. The van der Waals surface area contributed by atoms with Crippen molar-refractivity contribution in [1.29, 1.82) is 0 Å². The lowest BCUT2D eigenvalue weighted by Crippen LogP contribution is -2.74. The third kappa shape index (κ3) is 4.80. The number of benzene rings is 9. The Kier molecular flexibility index (Phi) is 7.61. The van der Waals surface area contributed by atoms with Crippen LogP contribution >= 0.6 is 0 Å². The molecule has 0 radical (unpaired) electrons. The minimum absolute atomic E-state index is 0.722. The highest BCUT2D eigenvalue weighted by Crippen LogP contribution is 2.54. The van der Waals surface area contributed by atoms with E-state index in [1.165, 1.54) is 92.5 Å². The maximum atomic E-state index is 2.52. The highest BCUT2D eigenvalue weighted by atomic mass is 28.3. The van der Waals surface area contributed by atoms with Crippen molar-refractivity contribution in [3.05, 3.63) is 218 Å². The van der Waals surface area contributed by atoms with Gasteiger partial charge in [-0.1, -0.05) is 152 Å². The molecule has 0 aliphatic carbocycles. The SMILES string of the molecule is C[N+]1(C)c2ccccc2-c2c1ccc1c3ccccc3n(-c3ccc([Si](c4ccccc4)(c4ccccc4)c4ccc(-n5c6ccccc6c6ccccc65)cc4)cc3)c21. The van der Waals surface area contributed by atoms with Crippen molar-refractivity contribution in [1.82, 2.24) is 13.6 Å². The van der Waals surface area contributed by atoms with Gasteiger partial charge in [0.1, 0.15) is 11.4 Å². The van der Waals surface area contributed by atoms with Gasteiger partial charge in [0.2, 0.25) is 0 Å². The summed E-state index contributed by atoms with van der Waals surface area (Å²) in [7, 11) is 1.79. The van der Waals surface area contributed by atoms with Crippen molar-refractivity contribution >= 4 is 83.8 Å². The number of hydrogen-bond acceptors (Lipinski definition) is 0. The van der Waals surface area contributed by atoms with E-state index in [0.717, 1.165) is 10.2 Å². The fourth-order valence-corrected chi connectivity index (χ4v) is 15.4. The molecule has 0 spiro atoms. The van der Waals surface area contributed by atoms with E-state index in [2.05, 4.69) is 242 Å². The fourth-order valence-electron chi connectivity index (χ4n) is 10.6. The maximum absolute atomic E-state index is 2.83. The van der Waals surface area contributed by atoms with E-state index in [9.17, 15) is 0 Å². The summed E-state index contributed by atoms with van der Waals surface area (Å²) >= 11 is 0. The van der Waals surface area contributed by atoms with E-state index in [0.29, 0.717) is 0 Å². The van der Waals surface area contributed by atoms with E-state index in [1.807, 2.05) is 0 Å². The van der Waals surface area contributed by atoms with Gasteiger partial charge in [-0.05, 0) is 75.3 Å². The van der Waals surface area contributed by atoms with E-state index < -0.39 is 8.07 Å². The number of fused-ring (bicyclic) bond motifs is 10. The second-order valence-corrected chi connectivity index (χ2v) is 20.4. The van der Waals surface area contributed by atoms with Crippen LogP contribution in [-0.2, 0) is 0 Å². The molecule has 11 aromatic rings. The molecule has 12 rings (SSSR count). The molecule has 9 aromatic carbocycles. The summed E-state index contributed by atoms with van der Waals surface area (Å²) < 4.78 is 5.66. The summed E-state index contributed by atoms with van der Waals surface area (Å²) in [5.74, 6) is 0. The highest BCUT2D eigenvalue weighted by molar-refractivity contribution is 7.19. The topological polar surface area (TPSA) is 9.86 Å². The van der Waals surface area contributed by atoms with E-state index in [-0.39, 0.29) is 0 Å². The number of rotatable bonds is 6. The Morgan fingerprint density at radius 3 is 1.30 bits per heavy atom. The number of quaternary nitrogens is 1. The summed E-state index contributed by atoms with van der Waals surface area (Å²) in [6.07, 6.45) is 0. The predicted molar refractivity (Wildman–Crippen MR) is 257 cm³/mol. The first kappa shape index (κ1) is 34.8. The maximum Gasteiger partial charge on any atom is 0.179 e. The Morgan fingerprint density at radius 2 is 0.750 bits per heavy atom. The van der Waals surface area contributed by atoms with Crippen LogP contribution in [0.3, 0.4) is 0 Å². The Labute approximate surface area is 350 Å². The van der Waals surface area contributed by atoms with Crippen LogP contribution in [0.5, 0.6) is 0 Å². The predicted octanol–water partition coefficient (Wildman–Crippen LogP) is 11.1. The van der Waals surface area contributed by atoms with Gasteiger partial charge in [-0.25, -0.2) is 0 Å². The minimum Gasteiger partial charge on any atom is -0.309 e. The molecule has 284 valence electrons. The molecular weight excluding hydrogens is 743 g/mol. The van der Waals surface area contributed by atoms with Crippen LogP contribution in [0.15, 0.2) is 218 Å². The Balaban J connectivity index is 1.08. The van der Waals surface area contributed by atoms with Gasteiger partial charge in [0.05, 0.1) is 47.3 Å². The molecule has 0 atom stereocenters. The van der Waals surface area contributed by atoms with Gasteiger partial charge in [0.15, 0.2) is 8.07 Å². The Hall–Kier alpha value is -7.24. The normalized spacial score (nSPS) is 13.3. The standard InChI is InChI=1S/C56H42N3Si/c1-59(2)53-28-16-12-24-49(53)55-54(59)38-37-48-47-23-11-15-27-52(47)58(56(48)55)40-31-35-44(36-32-40)60(41-17-5-3-6-18-41,42-19-7-4-8-20-42)43-33-29-39(30-34-43)57-50-25-13-9-21-45(50)46-22-10-14-26-51(46)57/h3-38H,1-2H3/q+1. The van der Waals surface area contributed by atoms with Crippen LogP contribution in [0.2, 0.25) is 0 Å². The lowest BCUT2D eigenvalue weighted by Gasteiger charge is -2.34. The number of para-hydroxylation sites is 4. The van der Waals surface area contributed by atoms with Crippen LogP contribution in [-0.4, -0.2) is 31.3 Å². The van der Waals surface area contributed by atoms with Crippen molar-refractivity contribution in [2.24, 2.45) is 0 Å². The van der Waals surface area contributed by atoms with Gasteiger partial charge in [-0.2, -0.15) is 0 Å². The first-order chi connectivity index (χ1) is 29.5. The van der Waals surface area contributed by atoms with Crippen LogP contribution in [0.4, 0.5) is 11.4 Å². The quantitative estimate of drug-likeness (QED) is 0.0903. The largest absolute Gasteiger partial charge is 0.309 e. The summed E-state index contributed by atoms with van der Waals surface area (Å²) in [6, 6.07) is 81.7. The lowest BCUT2D eigenvalue weighted by atomic mass is 10.0. The number of aromatic nitrogens is 2. The zero-order valence-corrected chi connectivity index (χ0v) is 34.6. The number of nitrogens with zero attached hydrogens (tertiary/aromatic N) is 3. The third-order valence-corrected chi connectivity index (χ3v) is 18.1. The summed E-state index contributed by atoms with van der Waals surface area (Å²) in [6.45, 7) is 0. The second-order valence-electron chi connectivity index (χ2n) is 16.6. The smallest absolute Gasteiger partial charge is 0.179 e. The molecule has 3 nitrogen and oxygen atoms in total. The van der Waals surface area contributed by atoms with Crippen LogP contribution in [0.1, 0.15) is 0 Å². The molecule has 3 heterocycles. The molecule has 0 saturated carbocycles. The molecule has 0 unspecified atom stereocenters. The molecule has 4 heteroatoms. The molecule has 0 fully saturated rings. The summed E-state index contributed by atoms with van der Waals surface area (Å²) in [5.41, 5.74) is 12.6. The van der Waals surface area contributed by atoms with E-state index in [4.69, 9.17) is 0 Å². The van der Waals surface area contributed by atoms with Gasteiger partial charge in [-0.15, -0.1) is 0 Å². The first-order valence-corrected chi connectivity index (χ1v) is 22.9. The summed E-state index contributed by atoms with van der Waals surface area (Å²) in [4.78, 5) is 0. The molecule has 0 N–H and O–H groups in total. The van der Waals surface area contributed by atoms with Crippen molar-refractivity contribution in [3.8, 4) is 22.5 Å². The first-order valence-electron chi connectivity index (χ1n) is 20.9. The van der Waals surface area contributed by atoms with Crippen LogP contribution < -0.4 is 25.2 Å². The van der Waals surface area contributed by atoms with Gasteiger partial charge in [0.25, 0.3) is 0 Å². The lowest BCUT2D eigenvalue weighted by molar-refractivity contribution is 0.568. The zero-order chi connectivity index (χ0) is 40.0.